The summed E-state index contributed by atoms with van der Waals surface area (Å²) in [6, 6.07) is 0. The molecule has 2 atom stereocenters. The fourth-order valence-corrected chi connectivity index (χ4v) is 3.38. The summed E-state index contributed by atoms with van der Waals surface area (Å²) >= 11 is 0. The van der Waals surface area contributed by atoms with Crippen LogP contribution in [0.2, 0.25) is 0 Å². The minimum Gasteiger partial charge on any atom is -0.481 e. The van der Waals surface area contributed by atoms with E-state index in [4.69, 9.17) is 14.2 Å². The van der Waals surface area contributed by atoms with Crippen molar-refractivity contribution in [3.05, 3.63) is 0 Å². The van der Waals surface area contributed by atoms with Gasteiger partial charge in [0.25, 0.3) is 0 Å². The lowest BCUT2D eigenvalue weighted by Gasteiger charge is -2.37. The second kappa shape index (κ2) is 12.3. The van der Waals surface area contributed by atoms with Crippen LogP contribution in [0.5, 0.6) is 0 Å². The Balaban J connectivity index is 4.94. The van der Waals surface area contributed by atoms with Gasteiger partial charge in [0.15, 0.2) is 0 Å². The minimum absolute atomic E-state index is 0.168. The molecule has 2 unspecified atom stereocenters. The molecule has 0 aromatic heterocycles. The van der Waals surface area contributed by atoms with Crippen molar-refractivity contribution in [2.45, 2.75) is 66.2 Å². The van der Waals surface area contributed by atoms with Crippen molar-refractivity contribution in [3.8, 4) is 0 Å². The van der Waals surface area contributed by atoms with Gasteiger partial charge in [0, 0.05) is 7.11 Å². The standard InChI is InChI=1S/C19H36O6/c1-6-9-18(4,15-19(8-3,10-7-2)16(20)21)17(22)25-14-13-24-12-11-23-5/h6-15H2,1-5H3,(H,20,21). The van der Waals surface area contributed by atoms with E-state index in [1.165, 1.54) is 0 Å². The minimum atomic E-state index is -0.882. The molecule has 0 aromatic carbocycles. The maximum absolute atomic E-state index is 12.7. The van der Waals surface area contributed by atoms with Crippen LogP contribution in [0.4, 0.5) is 0 Å². The van der Waals surface area contributed by atoms with Crippen LogP contribution in [0.15, 0.2) is 0 Å². The molecule has 0 amide bonds. The number of hydrogen-bond donors (Lipinski definition) is 1. The molecular formula is C19H36O6. The molecule has 0 fully saturated rings. The Morgan fingerprint density at radius 3 is 2.04 bits per heavy atom. The SMILES string of the molecule is CCCC(C)(CC(CC)(CCC)C(=O)O)C(=O)OCCOCCOC. The molecule has 25 heavy (non-hydrogen) atoms. The number of methoxy groups -OCH3 is 1. The van der Waals surface area contributed by atoms with E-state index in [1.807, 2.05) is 27.7 Å². The van der Waals surface area contributed by atoms with E-state index >= 15 is 0 Å². The third-order valence-electron chi connectivity index (χ3n) is 4.77. The smallest absolute Gasteiger partial charge is 0.311 e. The summed E-state index contributed by atoms with van der Waals surface area (Å²) in [7, 11) is 1.60. The van der Waals surface area contributed by atoms with Gasteiger partial charge in [-0.1, -0.05) is 33.6 Å². The number of carbonyl (C=O) groups excluding carboxylic acids is 1. The first-order chi connectivity index (χ1) is 11.8. The molecule has 0 aliphatic heterocycles. The Hall–Kier alpha value is -1.14. The van der Waals surface area contributed by atoms with Crippen molar-refractivity contribution in [2.24, 2.45) is 10.8 Å². The van der Waals surface area contributed by atoms with E-state index in [0.29, 0.717) is 45.5 Å². The van der Waals surface area contributed by atoms with Crippen LogP contribution in [-0.4, -0.2) is 50.6 Å². The molecule has 0 rings (SSSR count). The zero-order valence-corrected chi connectivity index (χ0v) is 16.6. The predicted molar refractivity (Wildman–Crippen MR) is 96.6 cm³/mol. The lowest BCUT2D eigenvalue weighted by Crippen LogP contribution is -2.41. The third-order valence-corrected chi connectivity index (χ3v) is 4.77. The third kappa shape index (κ3) is 7.74. The van der Waals surface area contributed by atoms with Crippen LogP contribution in [0.1, 0.15) is 66.2 Å². The van der Waals surface area contributed by atoms with Crippen molar-refractivity contribution >= 4 is 11.9 Å². The average molecular weight is 360 g/mol. The fourth-order valence-electron chi connectivity index (χ4n) is 3.38. The number of carboxylic acids is 1. The maximum atomic E-state index is 12.7. The van der Waals surface area contributed by atoms with E-state index < -0.39 is 16.8 Å². The number of carbonyl (C=O) groups is 2. The van der Waals surface area contributed by atoms with E-state index in [2.05, 4.69) is 0 Å². The van der Waals surface area contributed by atoms with Gasteiger partial charge in [-0.3, -0.25) is 9.59 Å². The summed E-state index contributed by atoms with van der Waals surface area (Å²) in [4.78, 5) is 24.6. The summed E-state index contributed by atoms with van der Waals surface area (Å²) in [5.74, 6) is -1.16. The van der Waals surface area contributed by atoms with Gasteiger partial charge in [-0.2, -0.15) is 0 Å². The Labute approximate surface area is 152 Å². The zero-order chi connectivity index (χ0) is 19.3. The highest BCUT2D eigenvalue weighted by atomic mass is 16.6. The molecule has 0 aromatic rings. The first kappa shape index (κ1) is 23.9. The Bertz CT molecular complexity index is 397. The highest BCUT2D eigenvalue weighted by Crippen LogP contribution is 2.44. The monoisotopic (exact) mass is 360 g/mol. The molecular weight excluding hydrogens is 324 g/mol. The Morgan fingerprint density at radius 2 is 1.56 bits per heavy atom. The van der Waals surface area contributed by atoms with Crippen molar-refractivity contribution in [1.29, 1.82) is 0 Å². The number of rotatable bonds is 15. The van der Waals surface area contributed by atoms with Gasteiger partial charge in [0.05, 0.1) is 30.7 Å². The molecule has 6 heteroatoms. The van der Waals surface area contributed by atoms with Crippen molar-refractivity contribution in [2.75, 3.05) is 33.5 Å². The molecule has 6 nitrogen and oxygen atoms in total. The molecule has 0 saturated heterocycles. The molecule has 0 radical (unpaired) electrons. The zero-order valence-electron chi connectivity index (χ0n) is 16.6. The Morgan fingerprint density at radius 1 is 0.960 bits per heavy atom. The largest absolute Gasteiger partial charge is 0.481 e. The second-order valence-corrected chi connectivity index (χ2v) is 6.92. The normalized spacial score (nSPS) is 16.0. The highest BCUT2D eigenvalue weighted by Gasteiger charge is 2.46. The van der Waals surface area contributed by atoms with Gasteiger partial charge in [-0.05, 0) is 32.6 Å². The molecule has 0 spiro atoms. The van der Waals surface area contributed by atoms with Gasteiger partial charge in [0.1, 0.15) is 6.61 Å². The molecule has 0 heterocycles. The second-order valence-electron chi connectivity index (χ2n) is 6.92. The molecule has 0 aliphatic carbocycles. The first-order valence-electron chi connectivity index (χ1n) is 9.29. The Kier molecular flexibility index (Phi) is 11.7. The van der Waals surface area contributed by atoms with Crippen molar-refractivity contribution in [3.63, 3.8) is 0 Å². The van der Waals surface area contributed by atoms with Gasteiger partial charge in [-0.25, -0.2) is 0 Å². The number of esters is 1. The molecule has 0 saturated carbocycles. The van der Waals surface area contributed by atoms with E-state index in [-0.39, 0.29) is 12.6 Å². The number of carboxylic acid groups (broad SMARTS) is 1. The van der Waals surface area contributed by atoms with Gasteiger partial charge in [-0.15, -0.1) is 0 Å². The maximum Gasteiger partial charge on any atom is 0.311 e. The summed E-state index contributed by atoms with van der Waals surface area (Å²) in [5, 5.41) is 9.78. The lowest BCUT2D eigenvalue weighted by atomic mass is 9.66. The molecule has 0 aliphatic rings. The number of hydrogen-bond acceptors (Lipinski definition) is 5. The lowest BCUT2D eigenvalue weighted by molar-refractivity contribution is -0.164. The van der Waals surface area contributed by atoms with Crippen LogP contribution in [0.25, 0.3) is 0 Å². The number of aliphatic carboxylic acids is 1. The quantitative estimate of drug-likeness (QED) is 0.354. The summed E-state index contributed by atoms with van der Waals surface area (Å²) < 4.78 is 15.6. The number of ether oxygens (including phenoxy) is 3. The van der Waals surface area contributed by atoms with Crippen LogP contribution in [-0.2, 0) is 23.8 Å². The van der Waals surface area contributed by atoms with E-state index in [0.717, 1.165) is 12.8 Å². The molecule has 0 bridgehead atoms. The fraction of sp³-hybridized carbons (Fsp3) is 0.895. The van der Waals surface area contributed by atoms with Crippen LogP contribution in [0, 0.1) is 10.8 Å². The topological polar surface area (TPSA) is 82.1 Å². The summed E-state index contributed by atoms with van der Waals surface area (Å²) in [5.41, 5.74) is -1.68. The van der Waals surface area contributed by atoms with E-state index in [9.17, 15) is 14.7 Å². The predicted octanol–water partition coefficient (Wildman–Crippen LogP) is 3.67. The first-order valence-corrected chi connectivity index (χ1v) is 9.29. The van der Waals surface area contributed by atoms with Crippen LogP contribution < -0.4 is 0 Å². The van der Waals surface area contributed by atoms with Crippen molar-refractivity contribution < 1.29 is 28.9 Å². The van der Waals surface area contributed by atoms with Crippen LogP contribution >= 0.6 is 0 Å². The summed E-state index contributed by atoms with van der Waals surface area (Å²) in [6.07, 6.45) is 3.53. The molecule has 1 N–H and O–H groups in total. The van der Waals surface area contributed by atoms with E-state index in [1.54, 1.807) is 7.11 Å². The van der Waals surface area contributed by atoms with Crippen molar-refractivity contribution in [1.82, 2.24) is 0 Å². The molecule has 148 valence electrons. The summed E-state index contributed by atoms with van der Waals surface area (Å²) in [6.45, 7) is 9.10. The van der Waals surface area contributed by atoms with Crippen LogP contribution in [0.3, 0.4) is 0 Å². The highest BCUT2D eigenvalue weighted by molar-refractivity contribution is 5.80. The van der Waals surface area contributed by atoms with Gasteiger partial charge >= 0.3 is 11.9 Å². The van der Waals surface area contributed by atoms with Gasteiger partial charge < -0.3 is 19.3 Å². The average Bonchev–Trinajstić information content (AvgIpc) is 2.57. The van der Waals surface area contributed by atoms with Gasteiger partial charge in [0.2, 0.25) is 0 Å².